The third-order valence-electron chi connectivity index (χ3n) is 4.25. The molecule has 2 aliphatic rings. The van der Waals surface area contributed by atoms with Crippen LogP contribution in [-0.4, -0.2) is 38.9 Å². The molecular weight excluding hydrogens is 200 g/mol. The molecule has 0 aliphatic carbocycles. The van der Waals surface area contributed by atoms with E-state index >= 15 is 0 Å². The van der Waals surface area contributed by atoms with Crippen molar-refractivity contribution in [3.63, 3.8) is 0 Å². The lowest BCUT2D eigenvalue weighted by Crippen LogP contribution is -2.36. The van der Waals surface area contributed by atoms with Crippen LogP contribution in [0.5, 0.6) is 0 Å². The van der Waals surface area contributed by atoms with Crippen LogP contribution in [0.25, 0.3) is 0 Å². The maximum atomic E-state index is 5.62. The van der Waals surface area contributed by atoms with E-state index in [1.165, 1.54) is 51.7 Å². The molecule has 94 valence electrons. The van der Waals surface area contributed by atoms with E-state index in [-0.39, 0.29) is 0 Å². The number of hydrogen-bond acceptors (Lipinski definition) is 3. The molecule has 0 aromatic rings. The molecule has 2 aliphatic heterocycles. The van der Waals surface area contributed by atoms with Crippen molar-refractivity contribution in [1.29, 1.82) is 0 Å². The van der Waals surface area contributed by atoms with Gasteiger partial charge in [0.05, 0.1) is 6.10 Å². The quantitative estimate of drug-likeness (QED) is 0.674. The smallest absolute Gasteiger partial charge is 0.0588 e. The van der Waals surface area contributed by atoms with Gasteiger partial charge in [0, 0.05) is 19.7 Å². The molecule has 2 N–H and O–H groups in total. The van der Waals surface area contributed by atoms with E-state index < -0.39 is 0 Å². The highest BCUT2D eigenvalue weighted by Crippen LogP contribution is 2.28. The Morgan fingerprint density at radius 2 is 2.44 bits per heavy atom. The summed E-state index contributed by atoms with van der Waals surface area (Å²) in [6.07, 6.45) is 6.86. The summed E-state index contributed by atoms with van der Waals surface area (Å²) in [4.78, 5) is 0. The van der Waals surface area contributed by atoms with Gasteiger partial charge in [-0.1, -0.05) is 6.92 Å². The van der Waals surface area contributed by atoms with Crippen molar-refractivity contribution >= 4 is 0 Å². The predicted molar refractivity (Wildman–Crippen MR) is 66.7 cm³/mol. The van der Waals surface area contributed by atoms with Crippen LogP contribution < -0.4 is 10.6 Å². The Kier molecular flexibility index (Phi) is 4.62. The zero-order chi connectivity index (χ0) is 11.3. The molecule has 2 heterocycles. The van der Waals surface area contributed by atoms with E-state index in [0.717, 1.165) is 13.2 Å². The van der Waals surface area contributed by atoms with Gasteiger partial charge < -0.3 is 15.4 Å². The van der Waals surface area contributed by atoms with Crippen LogP contribution in [-0.2, 0) is 4.74 Å². The predicted octanol–water partition coefficient (Wildman–Crippen LogP) is 1.53. The SMILES string of the molecule is CCC1(CNCCC2CCCO2)CCNC1. The van der Waals surface area contributed by atoms with Gasteiger partial charge in [0.15, 0.2) is 0 Å². The molecule has 0 saturated carbocycles. The summed E-state index contributed by atoms with van der Waals surface area (Å²) >= 11 is 0. The lowest BCUT2D eigenvalue weighted by Gasteiger charge is -2.27. The molecule has 0 aromatic heterocycles. The van der Waals surface area contributed by atoms with Crippen molar-refractivity contribution in [3.05, 3.63) is 0 Å². The van der Waals surface area contributed by atoms with Crippen molar-refractivity contribution in [3.8, 4) is 0 Å². The summed E-state index contributed by atoms with van der Waals surface area (Å²) in [5.74, 6) is 0. The van der Waals surface area contributed by atoms with E-state index in [1.54, 1.807) is 0 Å². The molecule has 3 nitrogen and oxygen atoms in total. The molecule has 0 radical (unpaired) electrons. The zero-order valence-corrected chi connectivity index (χ0v) is 10.6. The van der Waals surface area contributed by atoms with Crippen molar-refractivity contribution in [2.24, 2.45) is 5.41 Å². The highest BCUT2D eigenvalue weighted by Gasteiger charge is 2.31. The molecule has 2 rings (SSSR count). The van der Waals surface area contributed by atoms with Crippen LogP contribution in [0.4, 0.5) is 0 Å². The van der Waals surface area contributed by atoms with Crippen LogP contribution in [0.3, 0.4) is 0 Å². The second-order valence-corrected chi connectivity index (χ2v) is 5.38. The standard InChI is InChI=1S/C13H26N2O/c1-2-13(6-8-15-11-13)10-14-7-5-12-4-3-9-16-12/h12,14-15H,2-11H2,1H3. The third-order valence-corrected chi connectivity index (χ3v) is 4.25. The fourth-order valence-electron chi connectivity index (χ4n) is 2.86. The third kappa shape index (κ3) is 3.19. The maximum absolute atomic E-state index is 5.62. The number of ether oxygens (including phenoxy) is 1. The van der Waals surface area contributed by atoms with Crippen LogP contribution in [0.2, 0.25) is 0 Å². The van der Waals surface area contributed by atoms with Crippen LogP contribution >= 0.6 is 0 Å². The lowest BCUT2D eigenvalue weighted by molar-refractivity contribution is 0.103. The Morgan fingerprint density at radius 1 is 1.50 bits per heavy atom. The van der Waals surface area contributed by atoms with E-state index in [1.807, 2.05) is 0 Å². The molecule has 3 heteroatoms. The minimum atomic E-state index is 0.524. The first-order valence-electron chi connectivity index (χ1n) is 6.88. The van der Waals surface area contributed by atoms with Gasteiger partial charge in [0.2, 0.25) is 0 Å². The summed E-state index contributed by atoms with van der Waals surface area (Å²) in [6.45, 7) is 7.97. The zero-order valence-electron chi connectivity index (χ0n) is 10.6. The maximum Gasteiger partial charge on any atom is 0.0588 e. The number of hydrogen-bond donors (Lipinski definition) is 2. The minimum absolute atomic E-state index is 0.524. The van der Waals surface area contributed by atoms with Gasteiger partial charge in [-0.25, -0.2) is 0 Å². The number of rotatable bonds is 6. The van der Waals surface area contributed by atoms with Crippen LogP contribution in [0.15, 0.2) is 0 Å². The number of nitrogens with one attached hydrogen (secondary N) is 2. The molecule has 2 atom stereocenters. The summed E-state index contributed by atoms with van der Waals surface area (Å²) in [6, 6.07) is 0. The average Bonchev–Trinajstić information content (AvgIpc) is 2.97. The van der Waals surface area contributed by atoms with Crippen LogP contribution in [0, 0.1) is 5.41 Å². The topological polar surface area (TPSA) is 33.3 Å². The second-order valence-electron chi connectivity index (χ2n) is 5.38. The first-order chi connectivity index (χ1) is 7.85. The summed E-state index contributed by atoms with van der Waals surface area (Å²) in [7, 11) is 0. The second kappa shape index (κ2) is 5.99. The molecule has 2 unspecified atom stereocenters. The van der Waals surface area contributed by atoms with Crippen LogP contribution in [0.1, 0.15) is 39.0 Å². The van der Waals surface area contributed by atoms with Crippen molar-refractivity contribution < 1.29 is 4.74 Å². The van der Waals surface area contributed by atoms with E-state index in [2.05, 4.69) is 17.6 Å². The fourth-order valence-corrected chi connectivity index (χ4v) is 2.86. The highest BCUT2D eigenvalue weighted by molar-refractivity contribution is 4.88. The lowest BCUT2D eigenvalue weighted by atomic mass is 9.84. The highest BCUT2D eigenvalue weighted by atomic mass is 16.5. The fraction of sp³-hybridized carbons (Fsp3) is 1.00. The normalized spacial score (nSPS) is 34.7. The van der Waals surface area contributed by atoms with Crippen molar-refractivity contribution in [2.75, 3.05) is 32.8 Å². The Labute approximate surface area is 99.3 Å². The van der Waals surface area contributed by atoms with E-state index in [9.17, 15) is 0 Å². The summed E-state index contributed by atoms with van der Waals surface area (Å²) in [5.41, 5.74) is 0.524. The largest absolute Gasteiger partial charge is 0.378 e. The van der Waals surface area contributed by atoms with Gasteiger partial charge >= 0.3 is 0 Å². The van der Waals surface area contributed by atoms with Gasteiger partial charge in [0.25, 0.3) is 0 Å². The molecule has 0 spiro atoms. The van der Waals surface area contributed by atoms with Gasteiger partial charge in [0.1, 0.15) is 0 Å². The summed E-state index contributed by atoms with van der Waals surface area (Å²) in [5, 5.41) is 7.11. The molecule has 0 aromatic carbocycles. The Hall–Kier alpha value is -0.120. The van der Waals surface area contributed by atoms with Gasteiger partial charge in [-0.2, -0.15) is 0 Å². The van der Waals surface area contributed by atoms with Crippen molar-refractivity contribution in [2.45, 2.75) is 45.1 Å². The van der Waals surface area contributed by atoms with Crippen molar-refractivity contribution in [1.82, 2.24) is 10.6 Å². The van der Waals surface area contributed by atoms with Gasteiger partial charge in [-0.05, 0) is 50.6 Å². The van der Waals surface area contributed by atoms with E-state index in [4.69, 9.17) is 4.74 Å². The molecular formula is C13H26N2O. The Morgan fingerprint density at radius 3 is 3.06 bits per heavy atom. The monoisotopic (exact) mass is 226 g/mol. The summed E-state index contributed by atoms with van der Waals surface area (Å²) < 4.78 is 5.62. The molecule has 2 saturated heterocycles. The van der Waals surface area contributed by atoms with Gasteiger partial charge in [-0.3, -0.25) is 0 Å². The van der Waals surface area contributed by atoms with E-state index in [0.29, 0.717) is 11.5 Å². The first kappa shape index (κ1) is 12.3. The van der Waals surface area contributed by atoms with Gasteiger partial charge in [-0.15, -0.1) is 0 Å². The molecule has 0 bridgehead atoms. The average molecular weight is 226 g/mol. The molecule has 16 heavy (non-hydrogen) atoms. The Balaban J connectivity index is 1.59. The molecule has 2 fully saturated rings. The Bertz CT molecular complexity index is 196. The molecule has 0 amide bonds. The minimum Gasteiger partial charge on any atom is -0.378 e. The first-order valence-corrected chi connectivity index (χ1v) is 6.88.